The van der Waals surface area contributed by atoms with Gasteiger partial charge in [-0.1, -0.05) is 6.07 Å². The standard InChI is InChI=1S/C16H23N3O4.ClH/c1-16(2,3)18-15(21)13-7-10-4-5-12(6-11(10)8-17-13)23-9-14(20)19-22;/h4-6,13,17,22H,7-9H2,1-3H3,(H,18,21)(H,19,20);1H/t13-;/m0./s1. The Morgan fingerprint density at radius 3 is 2.67 bits per heavy atom. The highest BCUT2D eigenvalue weighted by atomic mass is 35.5. The van der Waals surface area contributed by atoms with Crippen molar-refractivity contribution in [2.24, 2.45) is 0 Å². The highest BCUT2D eigenvalue weighted by Gasteiger charge is 2.26. The van der Waals surface area contributed by atoms with Gasteiger partial charge in [0.2, 0.25) is 5.91 Å². The van der Waals surface area contributed by atoms with E-state index in [4.69, 9.17) is 9.94 Å². The molecule has 0 spiro atoms. The van der Waals surface area contributed by atoms with E-state index in [0.29, 0.717) is 18.7 Å². The van der Waals surface area contributed by atoms with Crippen LogP contribution in [0.5, 0.6) is 5.75 Å². The molecule has 0 aromatic heterocycles. The molecule has 1 heterocycles. The van der Waals surface area contributed by atoms with Crippen LogP contribution in [-0.2, 0) is 22.6 Å². The minimum absolute atomic E-state index is 0. The first-order valence-corrected chi connectivity index (χ1v) is 7.51. The topological polar surface area (TPSA) is 99.7 Å². The van der Waals surface area contributed by atoms with E-state index in [1.165, 1.54) is 5.48 Å². The van der Waals surface area contributed by atoms with Crippen molar-refractivity contribution in [2.45, 2.75) is 45.3 Å². The maximum absolute atomic E-state index is 12.2. The lowest BCUT2D eigenvalue weighted by molar-refractivity contribution is -0.131. The van der Waals surface area contributed by atoms with Gasteiger partial charge in [0.25, 0.3) is 5.91 Å². The first-order valence-electron chi connectivity index (χ1n) is 7.51. The van der Waals surface area contributed by atoms with Gasteiger partial charge >= 0.3 is 0 Å². The minimum atomic E-state index is -0.611. The summed E-state index contributed by atoms with van der Waals surface area (Å²) < 4.78 is 5.29. The third kappa shape index (κ3) is 5.67. The lowest BCUT2D eigenvalue weighted by atomic mass is 9.94. The van der Waals surface area contributed by atoms with E-state index < -0.39 is 5.91 Å². The van der Waals surface area contributed by atoms with Gasteiger partial charge in [0, 0.05) is 12.1 Å². The molecule has 1 atom stereocenters. The van der Waals surface area contributed by atoms with E-state index in [9.17, 15) is 9.59 Å². The Kier molecular flexibility index (Phi) is 7.01. The van der Waals surface area contributed by atoms with Crippen molar-refractivity contribution in [3.63, 3.8) is 0 Å². The van der Waals surface area contributed by atoms with Crippen LogP contribution in [0.3, 0.4) is 0 Å². The summed E-state index contributed by atoms with van der Waals surface area (Å²) >= 11 is 0. The second-order valence-corrected chi connectivity index (χ2v) is 6.63. The molecule has 1 aliphatic rings. The van der Waals surface area contributed by atoms with Crippen LogP contribution in [0.15, 0.2) is 18.2 Å². The van der Waals surface area contributed by atoms with E-state index >= 15 is 0 Å². The lowest BCUT2D eigenvalue weighted by Crippen LogP contribution is -2.52. The molecule has 134 valence electrons. The van der Waals surface area contributed by atoms with Crippen LogP contribution in [0.4, 0.5) is 0 Å². The molecule has 0 fully saturated rings. The van der Waals surface area contributed by atoms with Crippen LogP contribution in [0.25, 0.3) is 0 Å². The predicted molar refractivity (Wildman–Crippen MR) is 91.3 cm³/mol. The summed E-state index contributed by atoms with van der Waals surface area (Å²) in [5, 5.41) is 14.6. The number of benzene rings is 1. The maximum Gasteiger partial charge on any atom is 0.281 e. The Labute approximate surface area is 147 Å². The molecule has 24 heavy (non-hydrogen) atoms. The summed E-state index contributed by atoms with van der Waals surface area (Å²) in [6.45, 7) is 6.16. The number of rotatable bonds is 4. The molecular weight excluding hydrogens is 334 g/mol. The molecule has 8 heteroatoms. The number of carbonyl (C=O) groups excluding carboxylic acids is 2. The number of carbonyl (C=O) groups is 2. The van der Waals surface area contributed by atoms with Crippen LogP contribution in [-0.4, -0.2) is 35.2 Å². The van der Waals surface area contributed by atoms with E-state index in [2.05, 4.69) is 10.6 Å². The van der Waals surface area contributed by atoms with Crippen LogP contribution >= 0.6 is 12.4 Å². The summed E-state index contributed by atoms with van der Waals surface area (Å²) in [7, 11) is 0. The molecule has 1 aromatic rings. The van der Waals surface area contributed by atoms with Gasteiger partial charge in [0.05, 0.1) is 6.04 Å². The van der Waals surface area contributed by atoms with Crippen LogP contribution in [0.2, 0.25) is 0 Å². The molecule has 4 N–H and O–H groups in total. The summed E-state index contributed by atoms with van der Waals surface area (Å²) in [6, 6.07) is 5.24. The molecular formula is C16H24ClN3O4. The Morgan fingerprint density at radius 2 is 2.04 bits per heavy atom. The molecule has 2 rings (SSSR count). The predicted octanol–water partition coefficient (Wildman–Crippen LogP) is 0.922. The van der Waals surface area contributed by atoms with Crippen molar-refractivity contribution in [1.82, 2.24) is 16.1 Å². The number of nitrogens with one attached hydrogen (secondary N) is 3. The summed E-state index contributed by atoms with van der Waals surface area (Å²) in [6.07, 6.45) is 0.606. The Morgan fingerprint density at radius 1 is 1.33 bits per heavy atom. The third-order valence-electron chi connectivity index (χ3n) is 3.45. The molecule has 1 aliphatic heterocycles. The van der Waals surface area contributed by atoms with Gasteiger partial charge < -0.3 is 15.4 Å². The molecule has 0 saturated carbocycles. The minimum Gasteiger partial charge on any atom is -0.484 e. The van der Waals surface area contributed by atoms with Crippen LogP contribution in [0.1, 0.15) is 31.9 Å². The number of hydrogen-bond donors (Lipinski definition) is 4. The lowest BCUT2D eigenvalue weighted by Gasteiger charge is -2.29. The zero-order valence-corrected chi connectivity index (χ0v) is 14.8. The van der Waals surface area contributed by atoms with Gasteiger partial charge in [-0.2, -0.15) is 0 Å². The third-order valence-corrected chi connectivity index (χ3v) is 3.45. The SMILES string of the molecule is CC(C)(C)NC(=O)[C@@H]1Cc2ccc(OCC(=O)NO)cc2CN1.Cl. The van der Waals surface area contributed by atoms with Gasteiger partial charge in [0.15, 0.2) is 6.61 Å². The molecule has 0 unspecified atom stereocenters. The first kappa shape index (κ1) is 20.2. The van der Waals surface area contributed by atoms with Gasteiger partial charge in [-0.15, -0.1) is 12.4 Å². The highest BCUT2D eigenvalue weighted by Crippen LogP contribution is 2.22. The monoisotopic (exact) mass is 357 g/mol. The Hall–Kier alpha value is -1.83. The molecule has 7 nitrogen and oxygen atoms in total. The molecule has 0 aliphatic carbocycles. The van der Waals surface area contributed by atoms with Crippen molar-refractivity contribution in [3.05, 3.63) is 29.3 Å². The number of halogens is 1. The van der Waals surface area contributed by atoms with Crippen molar-refractivity contribution < 1.29 is 19.5 Å². The van der Waals surface area contributed by atoms with E-state index in [1.807, 2.05) is 32.9 Å². The van der Waals surface area contributed by atoms with Crippen molar-refractivity contribution >= 4 is 24.2 Å². The van der Waals surface area contributed by atoms with E-state index in [1.54, 1.807) is 6.07 Å². The van der Waals surface area contributed by atoms with Gasteiger partial charge in [-0.3, -0.25) is 14.8 Å². The van der Waals surface area contributed by atoms with E-state index in [0.717, 1.165) is 11.1 Å². The molecule has 2 amide bonds. The van der Waals surface area contributed by atoms with Crippen LogP contribution in [0, 0.1) is 0 Å². The number of hydroxylamine groups is 1. The zero-order valence-electron chi connectivity index (χ0n) is 14.0. The quantitative estimate of drug-likeness (QED) is 0.474. The maximum atomic E-state index is 12.2. The summed E-state index contributed by atoms with van der Waals surface area (Å²) in [4.78, 5) is 23.2. The second kappa shape index (κ2) is 8.32. The number of hydrogen-bond acceptors (Lipinski definition) is 5. The first-order chi connectivity index (χ1) is 10.8. The van der Waals surface area contributed by atoms with Crippen molar-refractivity contribution in [1.29, 1.82) is 0 Å². The van der Waals surface area contributed by atoms with Crippen molar-refractivity contribution in [3.8, 4) is 5.75 Å². The fraction of sp³-hybridized carbons (Fsp3) is 0.500. The number of fused-ring (bicyclic) bond motifs is 1. The Bertz CT molecular complexity index is 601. The molecule has 1 aromatic carbocycles. The summed E-state index contributed by atoms with van der Waals surface area (Å²) in [5.74, 6) is -0.0744. The zero-order chi connectivity index (χ0) is 17.0. The van der Waals surface area contributed by atoms with Gasteiger partial charge in [-0.05, 0) is 50.5 Å². The Balaban J connectivity index is 0.00000288. The van der Waals surface area contributed by atoms with Gasteiger partial charge in [0.1, 0.15) is 5.75 Å². The van der Waals surface area contributed by atoms with Gasteiger partial charge in [-0.25, -0.2) is 5.48 Å². The second-order valence-electron chi connectivity index (χ2n) is 6.63. The van der Waals surface area contributed by atoms with Crippen LogP contribution < -0.4 is 20.9 Å². The number of amides is 2. The molecule has 0 saturated heterocycles. The molecule has 0 bridgehead atoms. The summed E-state index contributed by atoms with van der Waals surface area (Å²) in [5.41, 5.74) is 3.37. The average Bonchev–Trinajstić information content (AvgIpc) is 2.50. The largest absolute Gasteiger partial charge is 0.484 e. The fourth-order valence-corrected chi connectivity index (χ4v) is 2.40. The highest BCUT2D eigenvalue weighted by molar-refractivity contribution is 5.85. The molecule has 0 radical (unpaired) electrons. The average molecular weight is 358 g/mol. The fourth-order valence-electron chi connectivity index (χ4n) is 2.40. The number of ether oxygens (including phenoxy) is 1. The smallest absolute Gasteiger partial charge is 0.281 e. The normalized spacial score (nSPS) is 16.4. The van der Waals surface area contributed by atoms with E-state index in [-0.39, 0.29) is 36.5 Å². The van der Waals surface area contributed by atoms with Crippen molar-refractivity contribution in [2.75, 3.05) is 6.61 Å².